The van der Waals surface area contributed by atoms with E-state index in [2.05, 4.69) is 17.2 Å². The standard InChI is InChI=1S/C37H35N3O5S/c1-25-33(24-46-34-10-4-5-20-40(34)43)44-37(45-35(25)28-13-11-26(23-41)12-14-28)29-17-15-27(16-18-29)32-9-3-2-7-30(32)22-39-36(42)31-8-6-19-38-21-31/h2-21,25,33,35,37,41H,22-24H2,1H3,(H,39,42)/t25-,33+,35+,37+/m1/s1. The highest BCUT2D eigenvalue weighted by Gasteiger charge is 2.38. The minimum Gasteiger partial charge on any atom is -0.618 e. The Balaban J connectivity index is 1.21. The van der Waals surface area contributed by atoms with Gasteiger partial charge in [0.2, 0.25) is 0 Å². The number of nitrogens with zero attached hydrogens (tertiary/aromatic N) is 2. The maximum Gasteiger partial charge on any atom is 0.253 e. The molecule has 3 aromatic carbocycles. The first kappa shape index (κ1) is 31.4. The van der Waals surface area contributed by atoms with Gasteiger partial charge in [-0.3, -0.25) is 9.78 Å². The molecule has 1 fully saturated rings. The van der Waals surface area contributed by atoms with E-state index >= 15 is 0 Å². The van der Waals surface area contributed by atoms with Crippen molar-refractivity contribution in [3.05, 3.63) is 155 Å². The second kappa shape index (κ2) is 14.7. The molecule has 46 heavy (non-hydrogen) atoms. The zero-order valence-electron chi connectivity index (χ0n) is 25.4. The number of aromatic nitrogens is 2. The Morgan fingerprint density at radius 1 is 0.935 bits per heavy atom. The molecule has 0 radical (unpaired) electrons. The number of aliphatic hydroxyl groups is 1. The van der Waals surface area contributed by atoms with Crippen LogP contribution in [0.15, 0.2) is 127 Å². The number of pyridine rings is 2. The monoisotopic (exact) mass is 633 g/mol. The second-order valence-electron chi connectivity index (χ2n) is 11.2. The molecule has 3 heterocycles. The fraction of sp³-hybridized carbons (Fsp3) is 0.216. The minimum absolute atomic E-state index is 0.000527. The van der Waals surface area contributed by atoms with Crippen LogP contribution in [0.5, 0.6) is 0 Å². The molecule has 0 bridgehead atoms. The maximum atomic E-state index is 12.6. The van der Waals surface area contributed by atoms with Crippen molar-refractivity contribution in [3.63, 3.8) is 0 Å². The van der Waals surface area contributed by atoms with Crippen LogP contribution < -0.4 is 10.0 Å². The van der Waals surface area contributed by atoms with Crippen molar-refractivity contribution in [1.29, 1.82) is 0 Å². The Labute approximate surface area is 272 Å². The van der Waals surface area contributed by atoms with Crippen molar-refractivity contribution >= 4 is 17.7 Å². The fourth-order valence-corrected chi connectivity index (χ4v) is 6.63. The lowest BCUT2D eigenvalue weighted by atomic mass is 9.91. The van der Waals surface area contributed by atoms with E-state index in [0.29, 0.717) is 22.9 Å². The highest BCUT2D eigenvalue weighted by atomic mass is 32.2. The summed E-state index contributed by atoms with van der Waals surface area (Å²) in [5.74, 6) is 0.402. The lowest BCUT2D eigenvalue weighted by Crippen LogP contribution is -2.39. The number of carbonyl (C=O) groups is 1. The third kappa shape index (κ3) is 7.29. The van der Waals surface area contributed by atoms with Crippen molar-refractivity contribution in [2.75, 3.05) is 5.75 Å². The van der Waals surface area contributed by atoms with Gasteiger partial charge in [-0.25, -0.2) is 0 Å². The summed E-state index contributed by atoms with van der Waals surface area (Å²) < 4.78 is 14.1. The molecule has 1 saturated heterocycles. The van der Waals surface area contributed by atoms with Crippen molar-refractivity contribution in [1.82, 2.24) is 10.3 Å². The summed E-state index contributed by atoms with van der Waals surface area (Å²) in [4.78, 5) is 16.7. The molecule has 1 aliphatic heterocycles. The Kier molecular flexibility index (Phi) is 10.0. The van der Waals surface area contributed by atoms with Gasteiger partial charge in [0.25, 0.3) is 10.9 Å². The highest BCUT2D eigenvalue weighted by molar-refractivity contribution is 7.99. The Morgan fingerprint density at radius 3 is 2.43 bits per heavy atom. The van der Waals surface area contributed by atoms with Crippen molar-refractivity contribution in [3.8, 4) is 11.1 Å². The lowest BCUT2D eigenvalue weighted by molar-refractivity contribution is -0.645. The molecular weight excluding hydrogens is 598 g/mol. The van der Waals surface area contributed by atoms with Crippen LogP contribution in [0.4, 0.5) is 0 Å². The van der Waals surface area contributed by atoms with Crippen LogP contribution in [0.2, 0.25) is 0 Å². The van der Waals surface area contributed by atoms with E-state index in [0.717, 1.165) is 38.1 Å². The molecule has 8 nitrogen and oxygen atoms in total. The molecule has 0 saturated carbocycles. The van der Waals surface area contributed by atoms with E-state index in [1.165, 1.54) is 18.0 Å². The van der Waals surface area contributed by atoms with Crippen molar-refractivity contribution in [2.24, 2.45) is 5.92 Å². The molecule has 1 amide bonds. The van der Waals surface area contributed by atoms with Gasteiger partial charge in [0.05, 0.1) is 24.4 Å². The van der Waals surface area contributed by atoms with Crippen molar-refractivity contribution in [2.45, 2.75) is 43.6 Å². The van der Waals surface area contributed by atoms with E-state index in [4.69, 9.17) is 9.47 Å². The maximum absolute atomic E-state index is 12.6. The molecule has 1 aliphatic rings. The van der Waals surface area contributed by atoms with Crippen LogP contribution in [0.3, 0.4) is 0 Å². The Bertz CT molecular complexity index is 1750. The number of carbonyl (C=O) groups excluding carboxylic acids is 1. The van der Waals surface area contributed by atoms with E-state index in [1.807, 2.05) is 84.9 Å². The molecular formula is C37H35N3O5S. The summed E-state index contributed by atoms with van der Waals surface area (Å²) in [5.41, 5.74) is 6.25. The third-order valence-corrected chi connectivity index (χ3v) is 9.29. The quantitative estimate of drug-likeness (QED) is 0.104. The average Bonchev–Trinajstić information content (AvgIpc) is 3.11. The molecule has 6 rings (SSSR count). The zero-order chi connectivity index (χ0) is 31.9. The molecule has 0 unspecified atom stereocenters. The normalized spacial score (nSPS) is 19.4. The Morgan fingerprint density at radius 2 is 1.70 bits per heavy atom. The third-order valence-electron chi connectivity index (χ3n) is 8.18. The number of amides is 1. The number of aliphatic hydroxyl groups excluding tert-OH is 1. The summed E-state index contributed by atoms with van der Waals surface area (Å²) in [7, 11) is 0. The van der Waals surface area contributed by atoms with Gasteiger partial charge in [-0.1, -0.05) is 91.5 Å². The summed E-state index contributed by atoms with van der Waals surface area (Å²) in [6, 6.07) is 32.8. The molecule has 9 heteroatoms. The van der Waals surface area contributed by atoms with Crippen LogP contribution in [0.1, 0.15) is 51.9 Å². The van der Waals surface area contributed by atoms with E-state index in [9.17, 15) is 15.1 Å². The van der Waals surface area contributed by atoms with Gasteiger partial charge in [0, 0.05) is 48.3 Å². The van der Waals surface area contributed by atoms with Gasteiger partial charge in [-0.05, 0) is 46.0 Å². The lowest BCUT2D eigenvalue weighted by Gasteiger charge is -2.41. The Hall–Kier alpha value is -4.54. The molecule has 2 N–H and O–H groups in total. The first-order chi connectivity index (χ1) is 22.5. The number of hydrogen-bond donors (Lipinski definition) is 2. The second-order valence-corrected chi connectivity index (χ2v) is 12.2. The van der Waals surface area contributed by atoms with E-state index in [-0.39, 0.29) is 30.6 Å². The van der Waals surface area contributed by atoms with Crippen molar-refractivity contribution < 1.29 is 24.1 Å². The molecule has 0 spiro atoms. The highest BCUT2D eigenvalue weighted by Crippen LogP contribution is 2.43. The molecule has 234 valence electrons. The first-order valence-corrected chi connectivity index (χ1v) is 16.2. The number of nitrogens with one attached hydrogen (secondary N) is 1. The fourth-order valence-electron chi connectivity index (χ4n) is 5.55. The summed E-state index contributed by atoms with van der Waals surface area (Å²) >= 11 is 1.47. The smallest absolute Gasteiger partial charge is 0.253 e. The average molecular weight is 634 g/mol. The van der Waals surface area contributed by atoms with Gasteiger partial charge in [-0.2, -0.15) is 4.73 Å². The van der Waals surface area contributed by atoms with E-state index < -0.39 is 6.29 Å². The number of thioether (sulfide) groups is 1. The van der Waals surface area contributed by atoms with Gasteiger partial charge >= 0.3 is 0 Å². The van der Waals surface area contributed by atoms with Gasteiger partial charge in [-0.15, -0.1) is 0 Å². The van der Waals surface area contributed by atoms with Crippen LogP contribution in [0.25, 0.3) is 11.1 Å². The summed E-state index contributed by atoms with van der Waals surface area (Å²) in [6.07, 6.45) is 3.62. The number of ether oxygens (including phenoxy) is 2. The number of benzene rings is 3. The SMILES string of the molecule is C[C@@H]1[C@H](CSc2cccc[n+]2[O-])O[C@H](c2ccc(-c3ccccc3CNC(=O)c3cccnc3)cc2)O[C@@H]1c1ccc(CO)cc1. The van der Waals surface area contributed by atoms with Gasteiger partial charge in [0.15, 0.2) is 12.5 Å². The van der Waals surface area contributed by atoms with Crippen LogP contribution in [0, 0.1) is 11.1 Å². The van der Waals surface area contributed by atoms with E-state index in [1.54, 1.807) is 30.6 Å². The van der Waals surface area contributed by atoms with Crippen LogP contribution in [-0.4, -0.2) is 27.9 Å². The van der Waals surface area contributed by atoms with Gasteiger partial charge in [0.1, 0.15) is 0 Å². The topological polar surface area (TPSA) is 108 Å². The summed E-state index contributed by atoms with van der Waals surface area (Å²) in [6.45, 7) is 2.46. The van der Waals surface area contributed by atoms with Gasteiger partial charge < -0.3 is 25.1 Å². The predicted octanol–water partition coefficient (Wildman–Crippen LogP) is 6.39. The molecule has 2 aromatic heterocycles. The first-order valence-electron chi connectivity index (χ1n) is 15.2. The molecule has 0 aliphatic carbocycles. The predicted molar refractivity (Wildman–Crippen MR) is 176 cm³/mol. The largest absolute Gasteiger partial charge is 0.618 e. The van der Waals surface area contributed by atoms with Crippen LogP contribution >= 0.6 is 11.8 Å². The number of rotatable bonds is 10. The number of hydrogen-bond acceptors (Lipinski definition) is 7. The minimum atomic E-state index is -0.623. The van der Waals surface area contributed by atoms with Crippen LogP contribution in [-0.2, 0) is 22.6 Å². The molecule has 5 aromatic rings. The zero-order valence-corrected chi connectivity index (χ0v) is 26.2. The summed E-state index contributed by atoms with van der Waals surface area (Å²) in [5, 5.41) is 25.5. The molecule has 4 atom stereocenters.